The molecule has 18 heavy (non-hydrogen) atoms. The first-order chi connectivity index (χ1) is 8.67. The first-order valence-electron chi connectivity index (χ1n) is 6.12. The Kier molecular flexibility index (Phi) is 6.48. The third-order valence-corrected chi connectivity index (χ3v) is 2.84. The van der Waals surface area contributed by atoms with Gasteiger partial charge in [0.15, 0.2) is 0 Å². The number of nitriles is 1. The molecule has 0 unspecified atom stereocenters. The third-order valence-electron chi connectivity index (χ3n) is 2.50. The average Bonchev–Trinajstić information content (AvgIpc) is 2.37. The fraction of sp³-hybridized carbons (Fsp3) is 0.538. The van der Waals surface area contributed by atoms with E-state index in [-0.39, 0.29) is 0 Å². The Labute approximate surface area is 114 Å². The first kappa shape index (κ1) is 14.7. The Morgan fingerprint density at radius 1 is 1.50 bits per heavy atom. The fourth-order valence-corrected chi connectivity index (χ4v) is 1.69. The Hall–Kier alpha value is -1.31. The van der Waals surface area contributed by atoms with Gasteiger partial charge in [-0.3, -0.25) is 4.90 Å². The highest BCUT2D eigenvalue weighted by molar-refractivity contribution is 6.31. The number of halogens is 1. The summed E-state index contributed by atoms with van der Waals surface area (Å²) in [6.07, 6.45) is 1.57. The maximum atomic E-state index is 8.55. The summed E-state index contributed by atoms with van der Waals surface area (Å²) >= 11 is 6.13. The molecule has 0 aliphatic heterocycles. The predicted molar refractivity (Wildman–Crippen MR) is 74.6 cm³/mol. The number of aromatic nitrogens is 1. The summed E-state index contributed by atoms with van der Waals surface area (Å²) in [6, 6.07) is 5.88. The largest absolute Gasteiger partial charge is 0.370 e. The van der Waals surface area contributed by atoms with Crippen molar-refractivity contribution in [3.05, 3.63) is 22.8 Å². The van der Waals surface area contributed by atoms with Crippen LogP contribution in [0.2, 0.25) is 5.02 Å². The summed E-state index contributed by atoms with van der Waals surface area (Å²) in [5.74, 6) is 0.852. The fourth-order valence-electron chi connectivity index (χ4n) is 1.52. The molecule has 5 heteroatoms. The number of nitrogens with zero attached hydrogens (tertiary/aromatic N) is 3. The second kappa shape index (κ2) is 7.91. The Bertz CT molecular complexity index is 414. The van der Waals surface area contributed by atoms with E-state index in [9.17, 15) is 0 Å². The molecule has 1 aromatic rings. The van der Waals surface area contributed by atoms with Crippen LogP contribution in [0.3, 0.4) is 0 Å². The highest BCUT2D eigenvalue weighted by Crippen LogP contribution is 2.18. The molecule has 1 aromatic heterocycles. The van der Waals surface area contributed by atoms with Crippen LogP contribution in [0.25, 0.3) is 0 Å². The van der Waals surface area contributed by atoms with Gasteiger partial charge in [-0.25, -0.2) is 4.98 Å². The molecule has 0 fully saturated rings. The number of hydrogen-bond acceptors (Lipinski definition) is 4. The first-order valence-corrected chi connectivity index (χ1v) is 6.50. The van der Waals surface area contributed by atoms with Crippen LogP contribution in [0.5, 0.6) is 0 Å². The highest BCUT2D eigenvalue weighted by atomic mass is 35.5. The molecule has 1 heterocycles. The van der Waals surface area contributed by atoms with Gasteiger partial charge in [-0.15, -0.1) is 0 Å². The molecule has 1 rings (SSSR count). The molecule has 0 aromatic carbocycles. The molecule has 0 aliphatic rings. The second-order valence-electron chi connectivity index (χ2n) is 4.20. The van der Waals surface area contributed by atoms with E-state index in [2.05, 4.69) is 23.3 Å². The van der Waals surface area contributed by atoms with Crippen molar-refractivity contribution < 1.29 is 0 Å². The van der Waals surface area contributed by atoms with Crippen molar-refractivity contribution in [2.24, 2.45) is 0 Å². The molecule has 1 N–H and O–H groups in total. The van der Waals surface area contributed by atoms with Crippen molar-refractivity contribution in [3.63, 3.8) is 0 Å². The van der Waals surface area contributed by atoms with Gasteiger partial charge < -0.3 is 5.32 Å². The quantitative estimate of drug-likeness (QED) is 0.825. The Morgan fingerprint density at radius 2 is 2.28 bits per heavy atom. The maximum absolute atomic E-state index is 8.55. The summed E-state index contributed by atoms with van der Waals surface area (Å²) in [6.45, 7) is 4.39. The van der Waals surface area contributed by atoms with Crippen molar-refractivity contribution in [2.45, 2.75) is 26.3 Å². The molecule has 98 valence electrons. The molecule has 0 atom stereocenters. The van der Waals surface area contributed by atoms with E-state index in [1.807, 2.05) is 24.1 Å². The smallest absolute Gasteiger partial charge is 0.126 e. The van der Waals surface area contributed by atoms with Crippen LogP contribution in [-0.2, 0) is 6.54 Å². The summed E-state index contributed by atoms with van der Waals surface area (Å²) < 4.78 is 0. The van der Waals surface area contributed by atoms with Gasteiger partial charge in [0.2, 0.25) is 0 Å². The van der Waals surface area contributed by atoms with Crippen LogP contribution in [0.1, 0.15) is 25.5 Å². The van der Waals surface area contributed by atoms with E-state index in [0.29, 0.717) is 18.0 Å². The van der Waals surface area contributed by atoms with Gasteiger partial charge in [-0.2, -0.15) is 5.26 Å². The number of rotatable bonds is 7. The van der Waals surface area contributed by atoms with Crippen LogP contribution in [0.15, 0.2) is 12.1 Å². The normalized spacial score (nSPS) is 10.4. The number of anilines is 1. The van der Waals surface area contributed by atoms with Crippen LogP contribution < -0.4 is 5.32 Å². The van der Waals surface area contributed by atoms with E-state index in [1.54, 1.807) is 0 Å². The van der Waals surface area contributed by atoms with Gasteiger partial charge in [-0.1, -0.05) is 18.5 Å². The van der Waals surface area contributed by atoms with Gasteiger partial charge in [0.1, 0.15) is 5.82 Å². The minimum Gasteiger partial charge on any atom is -0.370 e. The minimum absolute atomic E-state index is 0.516. The van der Waals surface area contributed by atoms with Crippen molar-refractivity contribution >= 4 is 17.4 Å². The Morgan fingerprint density at radius 3 is 2.94 bits per heavy atom. The highest BCUT2D eigenvalue weighted by Gasteiger charge is 2.07. The van der Waals surface area contributed by atoms with Crippen molar-refractivity contribution in [3.8, 4) is 6.07 Å². The molecule has 0 radical (unpaired) electrons. The molecule has 4 nitrogen and oxygen atoms in total. The lowest BCUT2D eigenvalue weighted by atomic mass is 10.3. The molecular formula is C13H19ClN4. The van der Waals surface area contributed by atoms with Crippen LogP contribution in [0, 0.1) is 11.3 Å². The van der Waals surface area contributed by atoms with Gasteiger partial charge in [0.05, 0.1) is 16.8 Å². The zero-order valence-corrected chi connectivity index (χ0v) is 11.7. The summed E-state index contributed by atoms with van der Waals surface area (Å²) in [5, 5.41) is 12.5. The SMILES string of the molecule is CCCNc1ccc(Cl)c(CN(C)CCC#N)n1. The summed E-state index contributed by atoms with van der Waals surface area (Å²) in [5.41, 5.74) is 0.846. The van der Waals surface area contributed by atoms with Gasteiger partial charge in [0.25, 0.3) is 0 Å². The van der Waals surface area contributed by atoms with Gasteiger partial charge in [-0.05, 0) is 25.6 Å². The van der Waals surface area contributed by atoms with E-state index < -0.39 is 0 Å². The maximum Gasteiger partial charge on any atom is 0.126 e. The van der Waals surface area contributed by atoms with E-state index in [4.69, 9.17) is 16.9 Å². The molecule has 0 saturated heterocycles. The molecule has 0 spiro atoms. The number of hydrogen-bond donors (Lipinski definition) is 1. The molecule has 0 saturated carbocycles. The van der Waals surface area contributed by atoms with Crippen LogP contribution in [-0.4, -0.2) is 30.0 Å². The van der Waals surface area contributed by atoms with Gasteiger partial charge in [0, 0.05) is 26.1 Å². The van der Waals surface area contributed by atoms with E-state index in [0.717, 1.165) is 31.0 Å². The van der Waals surface area contributed by atoms with Crippen molar-refractivity contribution in [1.82, 2.24) is 9.88 Å². The third kappa shape index (κ3) is 4.91. The standard InChI is InChI=1S/C13H19ClN4/c1-3-8-16-13-6-5-11(14)12(17-13)10-18(2)9-4-7-15/h5-6H,3-4,8-10H2,1-2H3,(H,16,17). The molecule has 0 amide bonds. The van der Waals surface area contributed by atoms with Crippen molar-refractivity contribution in [1.29, 1.82) is 5.26 Å². The molecule has 0 aliphatic carbocycles. The van der Waals surface area contributed by atoms with Crippen LogP contribution in [0.4, 0.5) is 5.82 Å². The monoisotopic (exact) mass is 266 g/mol. The lowest BCUT2D eigenvalue weighted by Gasteiger charge is -2.16. The summed E-state index contributed by atoms with van der Waals surface area (Å²) in [7, 11) is 1.96. The van der Waals surface area contributed by atoms with Crippen LogP contribution >= 0.6 is 11.6 Å². The predicted octanol–water partition coefficient (Wildman–Crippen LogP) is 2.90. The van der Waals surface area contributed by atoms with Gasteiger partial charge >= 0.3 is 0 Å². The topological polar surface area (TPSA) is 52.0 Å². The van der Waals surface area contributed by atoms with E-state index in [1.165, 1.54) is 0 Å². The van der Waals surface area contributed by atoms with E-state index >= 15 is 0 Å². The van der Waals surface area contributed by atoms with Crippen molar-refractivity contribution in [2.75, 3.05) is 25.5 Å². The average molecular weight is 267 g/mol. The number of nitrogens with one attached hydrogen (secondary N) is 1. The molecular weight excluding hydrogens is 248 g/mol. The number of pyridine rings is 1. The minimum atomic E-state index is 0.516. The zero-order chi connectivity index (χ0) is 13.4. The lowest BCUT2D eigenvalue weighted by Crippen LogP contribution is -2.20. The summed E-state index contributed by atoms with van der Waals surface area (Å²) in [4.78, 5) is 6.53. The second-order valence-corrected chi connectivity index (χ2v) is 4.60. The molecule has 0 bridgehead atoms. The zero-order valence-electron chi connectivity index (χ0n) is 10.9. The lowest BCUT2D eigenvalue weighted by molar-refractivity contribution is 0.331. The Balaban J connectivity index is 2.65.